The molecule has 3 aromatic rings. The molecule has 0 spiro atoms. The van der Waals surface area contributed by atoms with Crippen molar-refractivity contribution >= 4 is 29.3 Å². The van der Waals surface area contributed by atoms with Gasteiger partial charge in [-0.25, -0.2) is 4.79 Å². The summed E-state index contributed by atoms with van der Waals surface area (Å²) in [5, 5.41) is 1.34. The first-order chi connectivity index (χ1) is 14.6. The van der Waals surface area contributed by atoms with E-state index in [1.165, 1.54) is 0 Å². The topological polar surface area (TPSA) is 38.8 Å². The zero-order valence-corrected chi connectivity index (χ0v) is 17.7. The molecule has 1 aliphatic rings. The summed E-state index contributed by atoms with van der Waals surface area (Å²) in [6, 6.07) is 24.8. The maximum Gasteiger partial charge on any atom is 0.410 e. The summed E-state index contributed by atoms with van der Waals surface area (Å²) >= 11 is 12.1. The molecule has 0 aliphatic carbocycles. The molecule has 0 aromatic heterocycles. The SMILES string of the molecule is O=C(OCc1ccccc1)N1CC(OC(c2ccc(Cl)cc2)c2ccc(Cl)cc2)C1. The lowest BCUT2D eigenvalue weighted by atomic mass is 10.0. The molecule has 0 saturated carbocycles. The zero-order chi connectivity index (χ0) is 20.9. The van der Waals surface area contributed by atoms with Crippen LogP contribution >= 0.6 is 23.2 Å². The van der Waals surface area contributed by atoms with Gasteiger partial charge < -0.3 is 14.4 Å². The number of halogens is 2. The first-order valence-electron chi connectivity index (χ1n) is 9.70. The van der Waals surface area contributed by atoms with Crippen LogP contribution in [0, 0.1) is 0 Å². The fourth-order valence-electron chi connectivity index (χ4n) is 3.30. The number of benzene rings is 3. The van der Waals surface area contributed by atoms with Gasteiger partial charge in [-0.2, -0.15) is 0 Å². The normalized spacial score (nSPS) is 13.9. The molecule has 1 amide bonds. The molecule has 154 valence electrons. The van der Waals surface area contributed by atoms with Gasteiger partial charge in [0, 0.05) is 10.0 Å². The third-order valence-electron chi connectivity index (χ3n) is 4.99. The highest BCUT2D eigenvalue weighted by atomic mass is 35.5. The number of carbonyl (C=O) groups is 1. The maximum absolute atomic E-state index is 12.3. The van der Waals surface area contributed by atoms with Crippen molar-refractivity contribution in [3.63, 3.8) is 0 Å². The van der Waals surface area contributed by atoms with Crippen molar-refractivity contribution < 1.29 is 14.3 Å². The van der Waals surface area contributed by atoms with Gasteiger partial charge in [-0.15, -0.1) is 0 Å². The molecule has 4 nitrogen and oxygen atoms in total. The number of ether oxygens (including phenoxy) is 2. The molecule has 30 heavy (non-hydrogen) atoms. The second-order valence-electron chi connectivity index (χ2n) is 7.19. The van der Waals surface area contributed by atoms with Crippen LogP contribution in [0.3, 0.4) is 0 Å². The van der Waals surface area contributed by atoms with E-state index in [1.807, 2.05) is 78.9 Å². The van der Waals surface area contributed by atoms with E-state index in [9.17, 15) is 4.79 Å². The summed E-state index contributed by atoms with van der Waals surface area (Å²) in [4.78, 5) is 13.9. The van der Waals surface area contributed by atoms with E-state index in [2.05, 4.69) is 0 Å². The van der Waals surface area contributed by atoms with Gasteiger partial charge in [0.05, 0.1) is 19.2 Å². The van der Waals surface area contributed by atoms with Gasteiger partial charge in [-0.1, -0.05) is 77.8 Å². The summed E-state index contributed by atoms with van der Waals surface area (Å²) < 4.78 is 11.7. The summed E-state index contributed by atoms with van der Waals surface area (Å²) in [5.74, 6) is 0. The van der Waals surface area contributed by atoms with Crippen LogP contribution < -0.4 is 0 Å². The predicted molar refractivity (Wildman–Crippen MR) is 118 cm³/mol. The third kappa shape index (κ3) is 5.14. The van der Waals surface area contributed by atoms with Gasteiger partial charge in [-0.3, -0.25) is 0 Å². The number of hydrogen-bond acceptors (Lipinski definition) is 3. The highest BCUT2D eigenvalue weighted by Crippen LogP contribution is 2.31. The Kier molecular flexibility index (Phi) is 6.58. The van der Waals surface area contributed by atoms with Crippen LogP contribution in [0.25, 0.3) is 0 Å². The molecule has 6 heteroatoms. The third-order valence-corrected chi connectivity index (χ3v) is 5.49. The minimum absolute atomic E-state index is 0.0781. The van der Waals surface area contributed by atoms with Gasteiger partial charge in [0.15, 0.2) is 0 Å². The van der Waals surface area contributed by atoms with Gasteiger partial charge in [-0.05, 0) is 41.0 Å². The number of likely N-dealkylation sites (tertiary alicyclic amines) is 1. The van der Waals surface area contributed by atoms with Crippen molar-refractivity contribution in [1.82, 2.24) is 4.90 Å². The van der Waals surface area contributed by atoms with Gasteiger partial charge in [0.25, 0.3) is 0 Å². The van der Waals surface area contributed by atoms with Crippen molar-refractivity contribution in [2.45, 2.75) is 18.8 Å². The Morgan fingerprint density at radius 2 is 1.40 bits per heavy atom. The minimum atomic E-state index is -0.326. The van der Waals surface area contributed by atoms with Crippen LogP contribution in [0.1, 0.15) is 22.8 Å². The Hall–Kier alpha value is -2.53. The summed E-state index contributed by atoms with van der Waals surface area (Å²) in [6.45, 7) is 1.25. The second kappa shape index (κ2) is 9.52. The molecule has 0 bridgehead atoms. The average Bonchev–Trinajstić information content (AvgIpc) is 2.74. The molecule has 1 aliphatic heterocycles. The Labute approximate surface area is 185 Å². The average molecular weight is 442 g/mol. The highest BCUT2D eigenvalue weighted by Gasteiger charge is 2.35. The standard InChI is InChI=1S/C24H21Cl2NO3/c25-20-10-6-18(7-11-20)23(19-8-12-21(26)13-9-19)30-22-14-27(15-22)24(28)29-16-17-4-2-1-3-5-17/h1-13,22-23H,14-16H2. The first kappa shape index (κ1) is 20.7. The van der Waals surface area contributed by atoms with Crippen LogP contribution in [-0.2, 0) is 16.1 Å². The Balaban J connectivity index is 1.36. The van der Waals surface area contributed by atoms with Crippen molar-refractivity contribution in [3.05, 3.63) is 106 Å². The molecule has 0 unspecified atom stereocenters. The molecular formula is C24H21Cl2NO3. The monoisotopic (exact) mass is 441 g/mol. The van der Waals surface area contributed by atoms with E-state index in [-0.39, 0.29) is 24.9 Å². The maximum atomic E-state index is 12.3. The van der Waals surface area contributed by atoms with E-state index in [1.54, 1.807) is 4.90 Å². The Bertz CT molecular complexity index is 926. The van der Waals surface area contributed by atoms with E-state index in [4.69, 9.17) is 32.7 Å². The van der Waals surface area contributed by atoms with Crippen LogP contribution in [0.2, 0.25) is 10.0 Å². The van der Waals surface area contributed by atoms with Gasteiger partial charge >= 0.3 is 6.09 Å². The molecule has 0 atom stereocenters. The summed E-state index contributed by atoms with van der Waals surface area (Å²) in [7, 11) is 0. The molecule has 4 rings (SSSR count). The van der Waals surface area contributed by atoms with Crippen LogP contribution in [0.4, 0.5) is 4.79 Å². The largest absolute Gasteiger partial charge is 0.445 e. The Morgan fingerprint density at radius 3 is 1.93 bits per heavy atom. The molecule has 1 saturated heterocycles. The van der Waals surface area contributed by atoms with Crippen molar-refractivity contribution in [2.24, 2.45) is 0 Å². The van der Waals surface area contributed by atoms with E-state index in [0.29, 0.717) is 23.1 Å². The van der Waals surface area contributed by atoms with Gasteiger partial charge in [0.1, 0.15) is 12.7 Å². The summed E-state index contributed by atoms with van der Waals surface area (Å²) in [5.41, 5.74) is 2.95. The number of rotatable bonds is 6. The van der Waals surface area contributed by atoms with E-state index >= 15 is 0 Å². The molecular weight excluding hydrogens is 421 g/mol. The van der Waals surface area contributed by atoms with Gasteiger partial charge in [0.2, 0.25) is 0 Å². The minimum Gasteiger partial charge on any atom is -0.445 e. The fraction of sp³-hybridized carbons (Fsp3) is 0.208. The smallest absolute Gasteiger partial charge is 0.410 e. The second-order valence-corrected chi connectivity index (χ2v) is 8.06. The van der Waals surface area contributed by atoms with Crippen LogP contribution in [0.5, 0.6) is 0 Å². The van der Waals surface area contributed by atoms with E-state index < -0.39 is 0 Å². The molecule has 3 aromatic carbocycles. The number of amides is 1. The van der Waals surface area contributed by atoms with E-state index in [0.717, 1.165) is 16.7 Å². The number of carbonyl (C=O) groups excluding carboxylic acids is 1. The predicted octanol–water partition coefficient (Wildman–Crippen LogP) is 6.12. The number of nitrogens with zero attached hydrogens (tertiary/aromatic N) is 1. The number of hydrogen-bond donors (Lipinski definition) is 0. The highest BCUT2D eigenvalue weighted by molar-refractivity contribution is 6.30. The van der Waals surface area contributed by atoms with Crippen molar-refractivity contribution in [3.8, 4) is 0 Å². The first-order valence-corrected chi connectivity index (χ1v) is 10.5. The molecule has 1 fully saturated rings. The Morgan fingerprint density at radius 1 is 0.867 bits per heavy atom. The fourth-order valence-corrected chi connectivity index (χ4v) is 3.55. The zero-order valence-electron chi connectivity index (χ0n) is 16.2. The quantitative estimate of drug-likeness (QED) is 0.462. The van der Waals surface area contributed by atoms with Crippen LogP contribution in [0.15, 0.2) is 78.9 Å². The van der Waals surface area contributed by atoms with Crippen molar-refractivity contribution in [1.29, 1.82) is 0 Å². The lowest BCUT2D eigenvalue weighted by Crippen LogP contribution is -2.55. The van der Waals surface area contributed by atoms with Crippen molar-refractivity contribution in [2.75, 3.05) is 13.1 Å². The molecule has 0 radical (unpaired) electrons. The lowest BCUT2D eigenvalue weighted by Gasteiger charge is -2.40. The molecule has 0 N–H and O–H groups in total. The lowest BCUT2D eigenvalue weighted by molar-refractivity contribution is -0.0756. The summed E-state index contributed by atoms with van der Waals surface area (Å²) in [6.07, 6.45) is -0.675. The molecule has 1 heterocycles. The van der Waals surface area contributed by atoms with Crippen LogP contribution in [-0.4, -0.2) is 30.2 Å².